The topological polar surface area (TPSA) is 75.5 Å². The van der Waals surface area contributed by atoms with Crippen LogP contribution in [0.3, 0.4) is 0 Å². The Morgan fingerprint density at radius 2 is 2.26 bits per heavy atom. The van der Waals surface area contributed by atoms with Crippen molar-refractivity contribution in [3.05, 3.63) is 24.3 Å². The van der Waals surface area contributed by atoms with Gasteiger partial charge in [0.05, 0.1) is 12.8 Å². The fourth-order valence-corrected chi connectivity index (χ4v) is 1.79. The Bertz CT molecular complexity index is 479. The number of furan rings is 1. The van der Waals surface area contributed by atoms with E-state index in [9.17, 15) is 0 Å². The van der Waals surface area contributed by atoms with Gasteiger partial charge in [-0.15, -0.1) is 0 Å². The fraction of sp³-hybridized carbons (Fsp3) is 0.538. The summed E-state index contributed by atoms with van der Waals surface area (Å²) in [5.74, 6) is 1.62. The molecule has 6 heteroatoms. The number of aliphatic hydroxyl groups excluding tert-OH is 1. The van der Waals surface area contributed by atoms with Crippen molar-refractivity contribution in [3.8, 4) is 11.6 Å². The van der Waals surface area contributed by atoms with Crippen LogP contribution in [0.5, 0.6) is 0 Å². The molecular weight excluding hydrogens is 246 g/mol. The van der Waals surface area contributed by atoms with Gasteiger partial charge in [-0.05, 0) is 32.4 Å². The average molecular weight is 265 g/mol. The van der Waals surface area contributed by atoms with E-state index < -0.39 is 0 Å². The molecule has 0 aromatic carbocycles. The van der Waals surface area contributed by atoms with E-state index in [0.29, 0.717) is 30.1 Å². The second kappa shape index (κ2) is 6.49. The molecule has 2 aromatic rings. The van der Waals surface area contributed by atoms with E-state index in [1.165, 1.54) is 0 Å². The van der Waals surface area contributed by atoms with Crippen molar-refractivity contribution in [2.75, 3.05) is 13.2 Å². The van der Waals surface area contributed by atoms with Crippen molar-refractivity contribution in [1.29, 1.82) is 0 Å². The summed E-state index contributed by atoms with van der Waals surface area (Å²) in [4.78, 5) is 6.48. The first kappa shape index (κ1) is 13.8. The second-order valence-electron chi connectivity index (χ2n) is 4.63. The first-order valence-electron chi connectivity index (χ1n) is 6.42. The molecule has 0 aliphatic rings. The number of nitrogens with zero attached hydrogens (tertiary/aromatic N) is 3. The Balaban J connectivity index is 2.01. The van der Waals surface area contributed by atoms with E-state index in [1.54, 1.807) is 18.4 Å². The van der Waals surface area contributed by atoms with Crippen molar-refractivity contribution in [1.82, 2.24) is 15.0 Å². The van der Waals surface area contributed by atoms with E-state index in [0.717, 1.165) is 13.0 Å². The number of aliphatic hydroxyl groups is 1. The molecule has 19 heavy (non-hydrogen) atoms. The normalized spacial score (nSPS) is 11.6. The molecule has 0 aliphatic heterocycles. The quantitative estimate of drug-likeness (QED) is 0.824. The van der Waals surface area contributed by atoms with Gasteiger partial charge >= 0.3 is 0 Å². The molecule has 0 amide bonds. The van der Waals surface area contributed by atoms with Crippen LogP contribution in [0.4, 0.5) is 0 Å². The highest BCUT2D eigenvalue weighted by molar-refractivity contribution is 5.44. The SMILES string of the molecule is CC(C)N(CCCO)Cc1nc(-c2ccco2)no1. The van der Waals surface area contributed by atoms with Crippen LogP contribution in [0.25, 0.3) is 11.6 Å². The lowest BCUT2D eigenvalue weighted by Crippen LogP contribution is -2.31. The third kappa shape index (κ3) is 3.65. The number of rotatable bonds is 7. The number of hydrogen-bond donors (Lipinski definition) is 1. The molecule has 0 fully saturated rings. The minimum atomic E-state index is 0.185. The molecule has 0 saturated carbocycles. The van der Waals surface area contributed by atoms with Crippen LogP contribution in [0.1, 0.15) is 26.2 Å². The van der Waals surface area contributed by atoms with Crippen LogP contribution in [-0.2, 0) is 6.54 Å². The van der Waals surface area contributed by atoms with Crippen LogP contribution in [0, 0.1) is 0 Å². The summed E-state index contributed by atoms with van der Waals surface area (Å²) in [6.07, 6.45) is 2.31. The molecular formula is C13H19N3O3. The first-order chi connectivity index (χ1) is 9.20. The molecule has 0 radical (unpaired) electrons. The number of aromatic nitrogens is 2. The summed E-state index contributed by atoms with van der Waals surface area (Å²) in [6.45, 7) is 5.76. The van der Waals surface area contributed by atoms with Crippen molar-refractivity contribution < 1.29 is 14.0 Å². The molecule has 2 rings (SSSR count). The maximum Gasteiger partial charge on any atom is 0.241 e. The van der Waals surface area contributed by atoms with Crippen LogP contribution in [0.2, 0.25) is 0 Å². The second-order valence-corrected chi connectivity index (χ2v) is 4.63. The van der Waals surface area contributed by atoms with E-state index in [1.807, 2.05) is 0 Å². The molecule has 0 atom stereocenters. The van der Waals surface area contributed by atoms with Gasteiger partial charge in [0, 0.05) is 19.2 Å². The van der Waals surface area contributed by atoms with E-state index in [4.69, 9.17) is 14.0 Å². The molecule has 0 unspecified atom stereocenters. The summed E-state index contributed by atoms with van der Waals surface area (Å²) in [7, 11) is 0. The lowest BCUT2D eigenvalue weighted by Gasteiger charge is -2.24. The molecule has 1 N–H and O–H groups in total. The largest absolute Gasteiger partial charge is 0.461 e. The molecule has 0 bridgehead atoms. The molecule has 6 nitrogen and oxygen atoms in total. The van der Waals surface area contributed by atoms with Gasteiger partial charge in [-0.25, -0.2) is 0 Å². The molecule has 0 spiro atoms. The zero-order valence-corrected chi connectivity index (χ0v) is 11.2. The van der Waals surface area contributed by atoms with Gasteiger partial charge in [0.1, 0.15) is 0 Å². The first-order valence-corrected chi connectivity index (χ1v) is 6.42. The monoisotopic (exact) mass is 265 g/mol. The van der Waals surface area contributed by atoms with Crippen LogP contribution in [-0.4, -0.2) is 39.3 Å². The van der Waals surface area contributed by atoms with E-state index in [-0.39, 0.29) is 6.61 Å². The minimum Gasteiger partial charge on any atom is -0.461 e. The zero-order chi connectivity index (χ0) is 13.7. The predicted octanol–water partition coefficient (Wildman–Crippen LogP) is 1.92. The van der Waals surface area contributed by atoms with Gasteiger partial charge < -0.3 is 14.0 Å². The van der Waals surface area contributed by atoms with Crippen molar-refractivity contribution >= 4 is 0 Å². The molecule has 2 aromatic heterocycles. The lowest BCUT2D eigenvalue weighted by molar-refractivity contribution is 0.165. The minimum absolute atomic E-state index is 0.185. The predicted molar refractivity (Wildman–Crippen MR) is 69.2 cm³/mol. The van der Waals surface area contributed by atoms with Crippen molar-refractivity contribution in [2.45, 2.75) is 32.9 Å². The van der Waals surface area contributed by atoms with Crippen LogP contribution >= 0.6 is 0 Å². The van der Waals surface area contributed by atoms with Gasteiger partial charge in [0.2, 0.25) is 11.7 Å². The van der Waals surface area contributed by atoms with E-state index in [2.05, 4.69) is 28.9 Å². The fourth-order valence-electron chi connectivity index (χ4n) is 1.79. The van der Waals surface area contributed by atoms with Gasteiger partial charge in [0.25, 0.3) is 0 Å². The van der Waals surface area contributed by atoms with Crippen molar-refractivity contribution in [2.24, 2.45) is 0 Å². The van der Waals surface area contributed by atoms with Crippen molar-refractivity contribution in [3.63, 3.8) is 0 Å². The third-order valence-corrected chi connectivity index (χ3v) is 2.88. The number of hydrogen-bond acceptors (Lipinski definition) is 6. The Morgan fingerprint density at radius 3 is 2.89 bits per heavy atom. The standard InChI is InChI=1S/C13H19N3O3/c1-10(2)16(6-4-7-17)9-12-14-13(15-19-12)11-5-3-8-18-11/h3,5,8,10,17H,4,6-7,9H2,1-2H3. The highest BCUT2D eigenvalue weighted by atomic mass is 16.5. The maximum absolute atomic E-state index is 8.90. The zero-order valence-electron chi connectivity index (χ0n) is 11.2. The summed E-state index contributed by atoms with van der Waals surface area (Å²) >= 11 is 0. The van der Waals surface area contributed by atoms with Gasteiger partial charge in [-0.3, -0.25) is 4.90 Å². The Hall–Kier alpha value is -1.66. The highest BCUT2D eigenvalue weighted by Gasteiger charge is 2.16. The molecule has 0 saturated heterocycles. The Kier molecular flexibility index (Phi) is 4.70. The maximum atomic E-state index is 8.90. The summed E-state index contributed by atoms with van der Waals surface area (Å²) in [5.41, 5.74) is 0. The van der Waals surface area contributed by atoms with Crippen LogP contribution in [0.15, 0.2) is 27.3 Å². The average Bonchev–Trinajstić information content (AvgIpc) is 3.04. The highest BCUT2D eigenvalue weighted by Crippen LogP contribution is 2.17. The summed E-state index contributed by atoms with van der Waals surface area (Å²) < 4.78 is 10.4. The third-order valence-electron chi connectivity index (χ3n) is 2.88. The molecule has 2 heterocycles. The van der Waals surface area contributed by atoms with Gasteiger partial charge in [-0.1, -0.05) is 5.16 Å². The lowest BCUT2D eigenvalue weighted by atomic mass is 10.3. The van der Waals surface area contributed by atoms with Crippen LogP contribution < -0.4 is 0 Å². The summed E-state index contributed by atoms with van der Waals surface area (Å²) in [5, 5.41) is 12.8. The molecule has 104 valence electrons. The Morgan fingerprint density at radius 1 is 1.42 bits per heavy atom. The smallest absolute Gasteiger partial charge is 0.241 e. The van der Waals surface area contributed by atoms with E-state index >= 15 is 0 Å². The molecule has 0 aliphatic carbocycles. The summed E-state index contributed by atoms with van der Waals surface area (Å²) in [6, 6.07) is 3.93. The van der Waals surface area contributed by atoms with Gasteiger partial charge in [-0.2, -0.15) is 4.98 Å². The Labute approximate surface area is 112 Å². The van der Waals surface area contributed by atoms with Gasteiger partial charge in [0.15, 0.2) is 5.76 Å².